The summed E-state index contributed by atoms with van der Waals surface area (Å²) in [6.45, 7) is 3.31. The molecule has 2 atom stereocenters. The van der Waals surface area contributed by atoms with Crippen LogP contribution in [0.5, 0.6) is 0 Å². The van der Waals surface area contributed by atoms with E-state index in [0.717, 1.165) is 11.1 Å². The maximum atomic E-state index is 12.0. The third kappa shape index (κ3) is 5.86. The Kier molecular flexibility index (Phi) is 6.24. The number of nitrogens with one attached hydrogen (secondary N) is 1. The van der Waals surface area contributed by atoms with Gasteiger partial charge in [0.05, 0.1) is 11.5 Å². The largest absolute Gasteiger partial charge is 0.449 e. The molecule has 1 aromatic rings. The Morgan fingerprint density at radius 1 is 1.40 bits per heavy atom. The van der Waals surface area contributed by atoms with E-state index in [1.807, 2.05) is 19.1 Å². The quantitative estimate of drug-likeness (QED) is 0.617. The molecule has 0 unspecified atom stereocenters. The number of hydrogen-bond donors (Lipinski definition) is 1. The standard InChI is InChI=1S/C17H20ClNO5S/c1-11-3-4-13(9-15(11)18)5-6-16(20)24-12(2)17(21)19-14-7-8-25(22,23)10-14/h3-6,9,12,14H,7-8,10H2,1-2H3,(H,19,21)/b6-5+/t12-,14-/m0/s1. The third-order valence-electron chi connectivity index (χ3n) is 3.85. The van der Waals surface area contributed by atoms with E-state index in [1.165, 1.54) is 13.0 Å². The number of ether oxygens (including phenoxy) is 1. The number of hydrogen-bond acceptors (Lipinski definition) is 5. The lowest BCUT2D eigenvalue weighted by molar-refractivity contribution is -0.150. The summed E-state index contributed by atoms with van der Waals surface area (Å²) in [5.74, 6) is -1.19. The summed E-state index contributed by atoms with van der Waals surface area (Å²) in [5, 5.41) is 3.18. The smallest absolute Gasteiger partial charge is 0.331 e. The summed E-state index contributed by atoms with van der Waals surface area (Å²) < 4.78 is 27.8. The Bertz CT molecular complexity index is 803. The van der Waals surface area contributed by atoms with E-state index in [2.05, 4.69) is 5.32 Å². The second-order valence-electron chi connectivity index (χ2n) is 6.03. The number of carbonyl (C=O) groups is 2. The molecule has 0 bridgehead atoms. The minimum Gasteiger partial charge on any atom is -0.449 e. The third-order valence-corrected chi connectivity index (χ3v) is 6.02. The van der Waals surface area contributed by atoms with Crippen LogP contribution >= 0.6 is 11.6 Å². The van der Waals surface area contributed by atoms with Gasteiger partial charge < -0.3 is 10.1 Å². The molecule has 1 saturated heterocycles. The van der Waals surface area contributed by atoms with E-state index in [-0.39, 0.29) is 11.5 Å². The molecule has 1 aromatic carbocycles. The fraction of sp³-hybridized carbons (Fsp3) is 0.412. The zero-order valence-electron chi connectivity index (χ0n) is 14.0. The van der Waals surface area contributed by atoms with Crippen LogP contribution in [0.15, 0.2) is 24.3 Å². The van der Waals surface area contributed by atoms with Crippen LogP contribution in [0.1, 0.15) is 24.5 Å². The fourth-order valence-electron chi connectivity index (χ4n) is 2.37. The van der Waals surface area contributed by atoms with Gasteiger partial charge in [-0.25, -0.2) is 13.2 Å². The molecule has 25 heavy (non-hydrogen) atoms. The van der Waals surface area contributed by atoms with Crippen LogP contribution in [0.25, 0.3) is 6.08 Å². The Morgan fingerprint density at radius 2 is 2.12 bits per heavy atom. The first-order valence-corrected chi connectivity index (χ1v) is 10.0. The highest BCUT2D eigenvalue weighted by molar-refractivity contribution is 7.91. The molecule has 2 rings (SSSR count). The van der Waals surface area contributed by atoms with E-state index in [4.69, 9.17) is 16.3 Å². The van der Waals surface area contributed by atoms with E-state index in [9.17, 15) is 18.0 Å². The molecule has 1 amide bonds. The van der Waals surface area contributed by atoms with Gasteiger partial charge in [0.1, 0.15) is 0 Å². The second kappa shape index (κ2) is 8.01. The van der Waals surface area contributed by atoms with Crippen molar-refractivity contribution >= 4 is 39.4 Å². The Hall–Kier alpha value is -1.86. The van der Waals surface area contributed by atoms with Gasteiger partial charge in [0.25, 0.3) is 5.91 Å². The summed E-state index contributed by atoms with van der Waals surface area (Å²) in [4.78, 5) is 23.8. The van der Waals surface area contributed by atoms with Crippen molar-refractivity contribution in [1.82, 2.24) is 5.32 Å². The molecular weight excluding hydrogens is 366 g/mol. The minimum absolute atomic E-state index is 0.0635. The van der Waals surface area contributed by atoms with Gasteiger partial charge in [0.2, 0.25) is 0 Å². The highest BCUT2D eigenvalue weighted by Crippen LogP contribution is 2.17. The molecule has 1 aliphatic rings. The molecule has 1 fully saturated rings. The van der Waals surface area contributed by atoms with E-state index in [0.29, 0.717) is 11.4 Å². The summed E-state index contributed by atoms with van der Waals surface area (Å²) in [6, 6.07) is 4.93. The molecule has 0 radical (unpaired) electrons. The molecule has 0 spiro atoms. The van der Waals surface area contributed by atoms with Crippen molar-refractivity contribution < 1.29 is 22.7 Å². The van der Waals surface area contributed by atoms with Crippen molar-refractivity contribution in [2.24, 2.45) is 0 Å². The molecule has 8 heteroatoms. The van der Waals surface area contributed by atoms with Crippen molar-refractivity contribution in [3.8, 4) is 0 Å². The van der Waals surface area contributed by atoms with E-state index < -0.39 is 33.9 Å². The topological polar surface area (TPSA) is 89.5 Å². The van der Waals surface area contributed by atoms with E-state index in [1.54, 1.807) is 12.1 Å². The van der Waals surface area contributed by atoms with Crippen LogP contribution in [0, 0.1) is 6.92 Å². The number of carbonyl (C=O) groups excluding carboxylic acids is 2. The average molecular weight is 386 g/mol. The van der Waals surface area contributed by atoms with Crippen LogP contribution in [-0.4, -0.2) is 43.9 Å². The second-order valence-corrected chi connectivity index (χ2v) is 8.67. The summed E-state index contributed by atoms with van der Waals surface area (Å²) in [7, 11) is -3.08. The average Bonchev–Trinajstić information content (AvgIpc) is 2.87. The van der Waals surface area contributed by atoms with Gasteiger partial charge in [0, 0.05) is 17.1 Å². The lowest BCUT2D eigenvalue weighted by atomic mass is 10.1. The van der Waals surface area contributed by atoms with E-state index >= 15 is 0 Å². The predicted octanol–water partition coefficient (Wildman–Crippen LogP) is 1.90. The first-order valence-electron chi connectivity index (χ1n) is 7.82. The Labute approximate surface area is 152 Å². The number of benzene rings is 1. The highest BCUT2D eigenvalue weighted by Gasteiger charge is 2.30. The fourth-order valence-corrected chi connectivity index (χ4v) is 4.23. The highest BCUT2D eigenvalue weighted by atomic mass is 35.5. The SMILES string of the molecule is Cc1ccc(/C=C/C(=O)O[C@@H](C)C(=O)N[C@H]2CCS(=O)(=O)C2)cc1Cl. The molecule has 6 nitrogen and oxygen atoms in total. The molecule has 0 saturated carbocycles. The van der Waals surface area contributed by atoms with Gasteiger partial charge in [-0.15, -0.1) is 0 Å². The molecule has 0 aromatic heterocycles. The maximum absolute atomic E-state index is 12.0. The van der Waals surface area contributed by atoms with Gasteiger partial charge in [-0.05, 0) is 43.5 Å². The summed E-state index contributed by atoms with van der Waals surface area (Å²) in [6.07, 6.45) is 2.12. The molecule has 1 N–H and O–H groups in total. The lowest BCUT2D eigenvalue weighted by Gasteiger charge is -2.15. The van der Waals surface area contributed by atoms with Gasteiger partial charge in [0.15, 0.2) is 15.9 Å². The number of amides is 1. The van der Waals surface area contributed by atoms with Crippen molar-refractivity contribution in [1.29, 1.82) is 0 Å². The number of aryl methyl sites for hydroxylation is 1. The Morgan fingerprint density at radius 3 is 2.72 bits per heavy atom. The first-order chi connectivity index (χ1) is 11.7. The van der Waals surface area contributed by atoms with Crippen LogP contribution in [0.2, 0.25) is 5.02 Å². The number of esters is 1. The molecular formula is C17H20ClNO5S. The van der Waals surface area contributed by atoms with Crippen molar-refractivity contribution in [3.63, 3.8) is 0 Å². The predicted molar refractivity (Wildman–Crippen MR) is 96.0 cm³/mol. The zero-order chi connectivity index (χ0) is 18.6. The first kappa shape index (κ1) is 19.5. The Balaban J connectivity index is 1.85. The zero-order valence-corrected chi connectivity index (χ0v) is 15.6. The lowest BCUT2D eigenvalue weighted by Crippen LogP contribution is -2.42. The van der Waals surface area contributed by atoms with Crippen molar-refractivity contribution in [3.05, 3.63) is 40.4 Å². The van der Waals surface area contributed by atoms with Gasteiger partial charge in [-0.1, -0.05) is 23.7 Å². The van der Waals surface area contributed by atoms with Crippen LogP contribution in [0.3, 0.4) is 0 Å². The van der Waals surface area contributed by atoms with Crippen molar-refractivity contribution in [2.45, 2.75) is 32.4 Å². The minimum atomic E-state index is -3.08. The van der Waals surface area contributed by atoms with Gasteiger partial charge >= 0.3 is 5.97 Å². The monoisotopic (exact) mass is 385 g/mol. The molecule has 1 aliphatic heterocycles. The normalized spacial score (nSPS) is 20.4. The van der Waals surface area contributed by atoms with Gasteiger partial charge in [-0.2, -0.15) is 0 Å². The van der Waals surface area contributed by atoms with Crippen LogP contribution in [-0.2, 0) is 24.2 Å². The number of sulfone groups is 1. The maximum Gasteiger partial charge on any atom is 0.331 e. The number of halogens is 1. The molecule has 136 valence electrons. The number of rotatable bonds is 5. The molecule has 1 heterocycles. The summed E-state index contributed by atoms with van der Waals surface area (Å²) >= 11 is 6.01. The van der Waals surface area contributed by atoms with Crippen molar-refractivity contribution in [2.75, 3.05) is 11.5 Å². The van der Waals surface area contributed by atoms with Gasteiger partial charge in [-0.3, -0.25) is 4.79 Å². The molecule has 0 aliphatic carbocycles. The summed E-state index contributed by atoms with van der Waals surface area (Å²) in [5.41, 5.74) is 1.67. The van der Waals surface area contributed by atoms with Crippen LogP contribution in [0.4, 0.5) is 0 Å². The van der Waals surface area contributed by atoms with Crippen LogP contribution < -0.4 is 5.32 Å².